The van der Waals surface area contributed by atoms with E-state index in [1.54, 1.807) is 11.3 Å². The fourth-order valence-corrected chi connectivity index (χ4v) is 3.32. The van der Waals surface area contributed by atoms with Gasteiger partial charge in [0.05, 0.1) is 17.4 Å². The van der Waals surface area contributed by atoms with Gasteiger partial charge in [0.2, 0.25) is 0 Å². The molecule has 0 aliphatic rings. The number of nitrogens with one attached hydrogen (secondary N) is 2. The average molecular weight is 318 g/mol. The van der Waals surface area contributed by atoms with Crippen LogP contribution in [0.2, 0.25) is 0 Å². The number of aryl methyl sites for hydroxylation is 4. The number of anilines is 1. The molecule has 2 heterocycles. The second kappa shape index (κ2) is 6.87. The van der Waals surface area contributed by atoms with Crippen LogP contribution < -0.4 is 10.6 Å². The molecule has 2 rings (SSSR count). The van der Waals surface area contributed by atoms with E-state index in [2.05, 4.69) is 20.6 Å². The third kappa shape index (κ3) is 3.82. The average Bonchev–Trinajstić information content (AvgIpc) is 2.86. The molecule has 22 heavy (non-hydrogen) atoms. The summed E-state index contributed by atoms with van der Waals surface area (Å²) in [7, 11) is 0. The van der Waals surface area contributed by atoms with E-state index in [0.717, 1.165) is 39.8 Å². The van der Waals surface area contributed by atoms with Gasteiger partial charge in [-0.1, -0.05) is 6.92 Å². The summed E-state index contributed by atoms with van der Waals surface area (Å²) >= 11 is 1.57. The van der Waals surface area contributed by atoms with Crippen LogP contribution in [0.1, 0.15) is 47.0 Å². The summed E-state index contributed by atoms with van der Waals surface area (Å²) in [5.74, 6) is 0. The number of carbonyl (C=O) groups excluding carboxylic acids is 1. The van der Waals surface area contributed by atoms with E-state index < -0.39 is 0 Å². The second-order valence-corrected chi connectivity index (χ2v) is 6.32. The number of pyridine rings is 1. The fraction of sp³-hybridized carbons (Fsp3) is 0.438. The van der Waals surface area contributed by atoms with Gasteiger partial charge in [-0.3, -0.25) is 4.98 Å². The molecule has 5 nitrogen and oxygen atoms in total. The maximum Gasteiger partial charge on any atom is 0.319 e. The summed E-state index contributed by atoms with van der Waals surface area (Å²) in [6, 6.07) is 1.67. The summed E-state index contributed by atoms with van der Waals surface area (Å²) in [6.07, 6.45) is 0.796. The van der Waals surface area contributed by atoms with E-state index in [-0.39, 0.29) is 12.1 Å². The van der Waals surface area contributed by atoms with Gasteiger partial charge in [0.15, 0.2) is 0 Å². The van der Waals surface area contributed by atoms with Crippen LogP contribution >= 0.6 is 11.3 Å². The van der Waals surface area contributed by atoms with Crippen molar-refractivity contribution in [2.45, 2.75) is 47.1 Å². The number of urea groups is 1. The second-order valence-electron chi connectivity index (χ2n) is 5.43. The molecule has 1 unspecified atom stereocenters. The van der Waals surface area contributed by atoms with Gasteiger partial charge in [0.1, 0.15) is 5.01 Å². The largest absolute Gasteiger partial charge is 0.329 e. The monoisotopic (exact) mass is 318 g/mol. The molecule has 0 radical (unpaired) electrons. The van der Waals surface area contributed by atoms with Crippen LogP contribution in [-0.2, 0) is 0 Å². The molecule has 2 aromatic heterocycles. The fourth-order valence-electron chi connectivity index (χ4n) is 2.39. The van der Waals surface area contributed by atoms with Gasteiger partial charge in [-0.15, -0.1) is 11.3 Å². The molecule has 0 aliphatic carbocycles. The van der Waals surface area contributed by atoms with Crippen molar-refractivity contribution < 1.29 is 4.79 Å². The van der Waals surface area contributed by atoms with Crippen LogP contribution in [0.5, 0.6) is 0 Å². The molecule has 118 valence electrons. The lowest BCUT2D eigenvalue weighted by atomic mass is 10.1. The standard InChI is InChI=1S/C16H22N4OS/c1-6-13(15-18-11(4)8-22-15)19-16(21)20-14-9(2)7-10(3)17-12(14)5/h7-8,13H,6H2,1-5H3,(H2,19,20,21). The Morgan fingerprint density at radius 1 is 1.23 bits per heavy atom. The third-order valence-electron chi connectivity index (χ3n) is 3.41. The Morgan fingerprint density at radius 3 is 2.50 bits per heavy atom. The molecule has 0 saturated carbocycles. The van der Waals surface area contributed by atoms with Gasteiger partial charge >= 0.3 is 6.03 Å². The Morgan fingerprint density at radius 2 is 1.95 bits per heavy atom. The van der Waals surface area contributed by atoms with Crippen LogP contribution in [0.3, 0.4) is 0 Å². The number of nitrogens with zero attached hydrogens (tertiary/aromatic N) is 2. The highest BCUT2D eigenvalue weighted by atomic mass is 32.1. The van der Waals surface area contributed by atoms with E-state index in [9.17, 15) is 4.79 Å². The number of thiazole rings is 1. The van der Waals surface area contributed by atoms with Crippen molar-refractivity contribution in [1.82, 2.24) is 15.3 Å². The van der Waals surface area contributed by atoms with E-state index in [0.29, 0.717) is 0 Å². The Labute approximate surface area is 135 Å². The van der Waals surface area contributed by atoms with Crippen molar-refractivity contribution in [3.63, 3.8) is 0 Å². The zero-order valence-electron chi connectivity index (χ0n) is 13.7. The van der Waals surface area contributed by atoms with Crippen molar-refractivity contribution in [1.29, 1.82) is 0 Å². The van der Waals surface area contributed by atoms with Crippen molar-refractivity contribution in [2.75, 3.05) is 5.32 Å². The molecule has 0 spiro atoms. The molecular weight excluding hydrogens is 296 g/mol. The first-order valence-electron chi connectivity index (χ1n) is 7.35. The molecular formula is C16H22N4OS. The summed E-state index contributed by atoms with van der Waals surface area (Å²) < 4.78 is 0. The zero-order chi connectivity index (χ0) is 16.3. The number of rotatable bonds is 4. The first-order valence-corrected chi connectivity index (χ1v) is 8.23. The maximum atomic E-state index is 12.3. The first-order chi connectivity index (χ1) is 10.4. The minimum atomic E-state index is -0.225. The Hall–Kier alpha value is -1.95. The molecule has 2 N–H and O–H groups in total. The highest BCUT2D eigenvalue weighted by molar-refractivity contribution is 7.09. The van der Waals surface area contributed by atoms with Gasteiger partial charge in [-0.2, -0.15) is 0 Å². The molecule has 2 aromatic rings. The number of amides is 2. The smallest absolute Gasteiger partial charge is 0.319 e. The van der Waals surface area contributed by atoms with Crippen LogP contribution in [0.25, 0.3) is 0 Å². The van der Waals surface area contributed by atoms with E-state index in [1.165, 1.54) is 0 Å². The predicted octanol–water partition coefficient (Wildman–Crippen LogP) is 4.04. The van der Waals surface area contributed by atoms with Crippen LogP contribution in [-0.4, -0.2) is 16.0 Å². The Balaban J connectivity index is 2.09. The van der Waals surface area contributed by atoms with Gasteiger partial charge in [-0.25, -0.2) is 9.78 Å². The minimum Gasteiger partial charge on any atom is -0.329 e. The van der Waals surface area contributed by atoms with Crippen LogP contribution in [0.15, 0.2) is 11.4 Å². The van der Waals surface area contributed by atoms with E-state index >= 15 is 0 Å². The SMILES string of the molecule is CCC(NC(=O)Nc1c(C)cc(C)nc1C)c1nc(C)cs1. The summed E-state index contributed by atoms with van der Waals surface area (Å²) in [5, 5.41) is 8.83. The molecule has 6 heteroatoms. The molecule has 0 bridgehead atoms. The van der Waals surface area contributed by atoms with Crippen molar-refractivity contribution in [3.8, 4) is 0 Å². The topological polar surface area (TPSA) is 66.9 Å². The Bertz CT molecular complexity index is 658. The van der Waals surface area contributed by atoms with E-state index in [1.807, 2.05) is 46.1 Å². The van der Waals surface area contributed by atoms with Gasteiger partial charge in [0, 0.05) is 16.8 Å². The summed E-state index contributed by atoms with van der Waals surface area (Å²) in [5.41, 5.74) is 4.54. The van der Waals surface area contributed by atoms with Crippen LogP contribution in [0, 0.1) is 27.7 Å². The third-order valence-corrected chi connectivity index (χ3v) is 4.49. The molecule has 0 aliphatic heterocycles. The van der Waals surface area contributed by atoms with Gasteiger partial charge in [-0.05, 0) is 45.7 Å². The summed E-state index contributed by atoms with van der Waals surface area (Å²) in [4.78, 5) is 21.1. The molecule has 1 atom stereocenters. The highest BCUT2D eigenvalue weighted by Crippen LogP contribution is 2.22. The molecule has 0 fully saturated rings. The van der Waals surface area contributed by atoms with Crippen LogP contribution in [0.4, 0.5) is 10.5 Å². The molecule has 0 aromatic carbocycles. The van der Waals surface area contributed by atoms with Crippen molar-refractivity contribution >= 4 is 23.1 Å². The lowest BCUT2D eigenvalue weighted by Crippen LogP contribution is -2.32. The zero-order valence-corrected chi connectivity index (χ0v) is 14.5. The van der Waals surface area contributed by atoms with Crippen molar-refractivity contribution in [3.05, 3.63) is 39.1 Å². The van der Waals surface area contributed by atoms with Gasteiger partial charge < -0.3 is 10.6 Å². The number of hydrogen-bond acceptors (Lipinski definition) is 4. The normalized spacial score (nSPS) is 12.0. The number of aromatic nitrogens is 2. The number of hydrogen-bond donors (Lipinski definition) is 2. The lowest BCUT2D eigenvalue weighted by Gasteiger charge is -2.17. The number of carbonyl (C=O) groups is 1. The van der Waals surface area contributed by atoms with Gasteiger partial charge in [0.25, 0.3) is 0 Å². The quantitative estimate of drug-likeness (QED) is 0.894. The lowest BCUT2D eigenvalue weighted by molar-refractivity contribution is 0.248. The minimum absolute atomic E-state index is 0.0716. The molecule has 2 amide bonds. The van der Waals surface area contributed by atoms with Crippen molar-refractivity contribution in [2.24, 2.45) is 0 Å². The first kappa shape index (κ1) is 16.4. The van der Waals surface area contributed by atoms with E-state index in [4.69, 9.17) is 0 Å². The predicted molar refractivity (Wildman–Crippen MR) is 90.5 cm³/mol. The maximum absolute atomic E-state index is 12.3. The molecule has 0 saturated heterocycles. The Kier molecular flexibility index (Phi) is 5.13. The summed E-state index contributed by atoms with van der Waals surface area (Å²) in [6.45, 7) is 9.81. The highest BCUT2D eigenvalue weighted by Gasteiger charge is 2.17.